The molecule has 0 N–H and O–H groups in total. The van der Waals surface area contributed by atoms with E-state index < -0.39 is 17.7 Å². The second-order valence-electron chi connectivity index (χ2n) is 9.35. The number of benzene rings is 2. The Morgan fingerprint density at radius 1 is 1.09 bits per heavy atom. The van der Waals surface area contributed by atoms with Crippen molar-refractivity contribution in [3.8, 4) is 0 Å². The number of likely N-dealkylation sites (tertiary alicyclic amines) is 1. The molecule has 0 aromatic heterocycles. The molecule has 1 spiro atoms. The fourth-order valence-electron chi connectivity index (χ4n) is 5.54. The Balaban J connectivity index is 1.54. The molecule has 3 aliphatic heterocycles. The van der Waals surface area contributed by atoms with Gasteiger partial charge in [-0.25, -0.2) is 0 Å². The summed E-state index contributed by atoms with van der Waals surface area (Å²) in [5.74, 6) is -1.03. The average Bonchev–Trinajstić information content (AvgIpc) is 3.31. The van der Waals surface area contributed by atoms with Gasteiger partial charge in [-0.15, -0.1) is 0 Å². The normalized spacial score (nSPS) is 23.9. The van der Waals surface area contributed by atoms with E-state index in [0.29, 0.717) is 56.3 Å². The van der Waals surface area contributed by atoms with Crippen molar-refractivity contribution in [2.45, 2.75) is 50.4 Å². The lowest BCUT2D eigenvalue weighted by Crippen LogP contribution is -2.52. The molecule has 2 fully saturated rings. The van der Waals surface area contributed by atoms with Crippen LogP contribution < -0.4 is 0 Å². The molecule has 180 valence electrons. The first-order chi connectivity index (χ1) is 16.5. The van der Waals surface area contributed by atoms with Gasteiger partial charge in [0.15, 0.2) is 5.79 Å². The van der Waals surface area contributed by atoms with Crippen molar-refractivity contribution in [3.05, 3.63) is 70.2 Å². The van der Waals surface area contributed by atoms with Gasteiger partial charge in [0.25, 0.3) is 5.91 Å². The number of carbonyl (C=O) groups excluding carboxylic acids is 2. The predicted molar refractivity (Wildman–Crippen MR) is 130 cm³/mol. The summed E-state index contributed by atoms with van der Waals surface area (Å²) >= 11 is 6.37. The van der Waals surface area contributed by atoms with Crippen LogP contribution in [0.4, 0.5) is 0 Å². The lowest BCUT2D eigenvalue weighted by atomic mass is 9.78. The smallest absolute Gasteiger partial charge is 0.254 e. The average molecular weight is 483 g/mol. The number of piperidine rings is 1. The Morgan fingerprint density at radius 2 is 1.82 bits per heavy atom. The number of rotatable bonds is 5. The van der Waals surface area contributed by atoms with Crippen molar-refractivity contribution in [1.82, 2.24) is 9.80 Å². The molecule has 0 radical (unpaired) electrons. The van der Waals surface area contributed by atoms with E-state index in [-0.39, 0.29) is 11.8 Å². The minimum Gasteiger partial charge on any atom is -0.347 e. The summed E-state index contributed by atoms with van der Waals surface area (Å²) in [5.41, 5.74) is 2.30. The fraction of sp³-hybridized carbons (Fsp3) is 0.481. The second kappa shape index (κ2) is 9.68. The summed E-state index contributed by atoms with van der Waals surface area (Å²) in [5, 5.41) is 0.598. The molecule has 3 aliphatic rings. The van der Waals surface area contributed by atoms with Crippen LogP contribution >= 0.6 is 11.6 Å². The van der Waals surface area contributed by atoms with Gasteiger partial charge in [-0.2, -0.15) is 0 Å². The van der Waals surface area contributed by atoms with Gasteiger partial charge in [-0.3, -0.25) is 9.59 Å². The van der Waals surface area contributed by atoms with Crippen LogP contribution in [0.25, 0.3) is 0 Å². The van der Waals surface area contributed by atoms with Crippen molar-refractivity contribution in [1.29, 1.82) is 0 Å². The molecular weight excluding hydrogens is 452 g/mol. The molecule has 7 heteroatoms. The van der Waals surface area contributed by atoms with Gasteiger partial charge >= 0.3 is 0 Å². The summed E-state index contributed by atoms with van der Waals surface area (Å²) in [7, 11) is 0. The van der Waals surface area contributed by atoms with Crippen LogP contribution in [0.1, 0.15) is 66.1 Å². The Morgan fingerprint density at radius 3 is 2.53 bits per heavy atom. The van der Waals surface area contributed by atoms with Crippen molar-refractivity contribution >= 4 is 23.4 Å². The first-order valence-electron chi connectivity index (χ1n) is 12.2. The summed E-state index contributed by atoms with van der Waals surface area (Å²) in [4.78, 5) is 31.6. The fourth-order valence-corrected chi connectivity index (χ4v) is 5.74. The van der Waals surface area contributed by atoms with Crippen molar-refractivity contribution in [3.63, 3.8) is 0 Å². The number of ether oxygens (including phenoxy) is 2. The van der Waals surface area contributed by atoms with Gasteiger partial charge in [0.05, 0.1) is 25.2 Å². The van der Waals surface area contributed by atoms with E-state index >= 15 is 0 Å². The van der Waals surface area contributed by atoms with Gasteiger partial charge in [0.2, 0.25) is 5.91 Å². The van der Waals surface area contributed by atoms with Crippen molar-refractivity contribution < 1.29 is 19.1 Å². The molecule has 0 bridgehead atoms. The molecule has 2 atom stereocenters. The first kappa shape index (κ1) is 23.3. The first-order valence-corrected chi connectivity index (χ1v) is 12.6. The summed E-state index contributed by atoms with van der Waals surface area (Å²) in [6.45, 7) is 5.06. The number of halogens is 1. The maximum Gasteiger partial charge on any atom is 0.254 e. The molecule has 3 heterocycles. The Bertz CT molecular complexity index is 1060. The van der Waals surface area contributed by atoms with Crippen molar-refractivity contribution in [2.75, 3.05) is 32.8 Å². The predicted octanol–water partition coefficient (Wildman–Crippen LogP) is 4.79. The molecule has 0 saturated carbocycles. The second-order valence-corrected chi connectivity index (χ2v) is 9.79. The minimum absolute atomic E-state index is 0.0246. The molecule has 5 rings (SSSR count). The van der Waals surface area contributed by atoms with Gasteiger partial charge in [-0.1, -0.05) is 55.3 Å². The van der Waals surface area contributed by atoms with Crippen LogP contribution in [0.15, 0.2) is 48.5 Å². The van der Waals surface area contributed by atoms with E-state index in [2.05, 4.69) is 6.92 Å². The van der Waals surface area contributed by atoms with Gasteiger partial charge in [0.1, 0.15) is 0 Å². The quantitative estimate of drug-likeness (QED) is 0.615. The molecule has 2 aromatic rings. The van der Waals surface area contributed by atoms with E-state index in [1.54, 1.807) is 0 Å². The zero-order valence-corrected chi connectivity index (χ0v) is 20.3. The Hall–Kier alpha value is -2.41. The lowest BCUT2D eigenvalue weighted by molar-refractivity contribution is -0.188. The van der Waals surface area contributed by atoms with Crippen LogP contribution in [-0.4, -0.2) is 60.2 Å². The molecule has 6 nitrogen and oxygen atoms in total. The SMILES string of the molecule is CCCCN1C(=O)c2ccccc2[C@H](C(=O)N2CCC3(CC2)OCCO3)[C@@H]1c1cccc(Cl)c1. The van der Waals surface area contributed by atoms with Crippen molar-refractivity contribution in [2.24, 2.45) is 0 Å². The summed E-state index contributed by atoms with van der Waals surface area (Å²) in [6, 6.07) is 14.7. The zero-order valence-electron chi connectivity index (χ0n) is 19.5. The zero-order chi connectivity index (χ0) is 23.7. The molecule has 34 heavy (non-hydrogen) atoms. The number of hydrogen-bond acceptors (Lipinski definition) is 4. The van der Waals surface area contributed by atoms with Crippen LogP contribution in [0, 0.1) is 0 Å². The largest absolute Gasteiger partial charge is 0.347 e. The number of fused-ring (bicyclic) bond motifs is 1. The van der Waals surface area contributed by atoms with Gasteiger partial charge in [-0.05, 0) is 35.7 Å². The number of hydrogen-bond donors (Lipinski definition) is 0. The van der Waals surface area contributed by atoms with E-state index in [1.807, 2.05) is 58.3 Å². The number of amides is 2. The van der Waals surface area contributed by atoms with Crippen LogP contribution in [0.2, 0.25) is 5.02 Å². The highest BCUT2D eigenvalue weighted by molar-refractivity contribution is 6.30. The molecular formula is C27H31ClN2O4. The minimum atomic E-state index is -0.545. The highest BCUT2D eigenvalue weighted by atomic mass is 35.5. The van der Waals surface area contributed by atoms with Gasteiger partial charge < -0.3 is 19.3 Å². The third-order valence-electron chi connectivity index (χ3n) is 7.30. The van der Waals surface area contributed by atoms with Crippen LogP contribution in [-0.2, 0) is 14.3 Å². The van der Waals surface area contributed by atoms with E-state index in [0.717, 1.165) is 24.0 Å². The third-order valence-corrected chi connectivity index (χ3v) is 7.53. The summed E-state index contributed by atoms with van der Waals surface area (Å²) < 4.78 is 11.7. The number of nitrogens with zero attached hydrogens (tertiary/aromatic N) is 2. The third kappa shape index (κ3) is 4.23. The maximum atomic E-state index is 14.2. The maximum absolute atomic E-state index is 14.2. The van der Waals surface area contributed by atoms with Crippen LogP contribution in [0.5, 0.6) is 0 Å². The Kier molecular flexibility index (Phi) is 6.65. The van der Waals surface area contributed by atoms with E-state index in [4.69, 9.17) is 21.1 Å². The standard InChI is InChI=1S/C27H31ClN2O4/c1-2-3-13-30-24(19-7-6-8-20(28)18-19)23(21-9-4-5-10-22(21)25(30)31)26(32)29-14-11-27(12-15-29)33-16-17-34-27/h4-10,18,23-24H,2-3,11-17H2,1H3/t23-,24-/m0/s1. The highest BCUT2D eigenvalue weighted by Gasteiger charge is 2.47. The highest BCUT2D eigenvalue weighted by Crippen LogP contribution is 2.45. The monoisotopic (exact) mass is 482 g/mol. The molecule has 2 saturated heterocycles. The molecule has 2 aromatic carbocycles. The van der Waals surface area contributed by atoms with Gasteiger partial charge in [0, 0.05) is 43.1 Å². The lowest BCUT2D eigenvalue weighted by Gasteiger charge is -2.45. The number of unbranched alkanes of at least 4 members (excludes halogenated alkanes) is 1. The van der Waals surface area contributed by atoms with E-state index in [1.165, 1.54) is 0 Å². The Labute approximate surface area is 205 Å². The molecule has 2 amide bonds. The van der Waals surface area contributed by atoms with Crippen LogP contribution in [0.3, 0.4) is 0 Å². The topological polar surface area (TPSA) is 59.1 Å². The summed E-state index contributed by atoms with van der Waals surface area (Å²) in [6.07, 6.45) is 3.15. The number of carbonyl (C=O) groups is 2. The van der Waals surface area contributed by atoms with E-state index in [9.17, 15) is 9.59 Å². The molecule has 0 unspecified atom stereocenters. The molecule has 0 aliphatic carbocycles.